The number of nitrogens with zero attached hydrogens (tertiary/aromatic N) is 2. The van der Waals surface area contributed by atoms with Gasteiger partial charge in [0.15, 0.2) is 0 Å². The number of primary amides is 1. The highest BCUT2D eigenvalue weighted by Gasteiger charge is 2.15. The molecule has 0 spiro atoms. The molecule has 0 bridgehead atoms. The zero-order valence-electron chi connectivity index (χ0n) is 9.61. The third-order valence-electron chi connectivity index (χ3n) is 3.09. The molecule has 0 aromatic carbocycles. The molecule has 1 radical (unpaired) electrons. The van der Waals surface area contributed by atoms with Gasteiger partial charge in [0.1, 0.15) is 0 Å². The Morgan fingerprint density at radius 2 is 2.13 bits per heavy atom. The monoisotopic (exact) mass is 212 g/mol. The Labute approximate surface area is 92.4 Å². The third-order valence-corrected chi connectivity index (χ3v) is 3.09. The van der Waals surface area contributed by atoms with Crippen LogP contribution in [0.3, 0.4) is 0 Å². The van der Waals surface area contributed by atoms with Crippen molar-refractivity contribution in [1.82, 2.24) is 9.80 Å². The molecule has 0 unspecified atom stereocenters. The number of nitrogens with two attached hydrogens (primary N) is 1. The maximum absolute atomic E-state index is 10.7. The average Bonchev–Trinajstić information content (AvgIpc) is 2.20. The van der Waals surface area contributed by atoms with Gasteiger partial charge in [-0.2, -0.15) is 0 Å². The van der Waals surface area contributed by atoms with Gasteiger partial charge in [0.25, 0.3) is 0 Å². The molecule has 0 aromatic rings. The van der Waals surface area contributed by atoms with Gasteiger partial charge in [-0.3, -0.25) is 0 Å². The summed E-state index contributed by atoms with van der Waals surface area (Å²) in [6.07, 6.45) is 3.55. The van der Waals surface area contributed by atoms with Crippen molar-refractivity contribution in [2.75, 3.05) is 26.2 Å². The van der Waals surface area contributed by atoms with E-state index in [1.807, 2.05) is 0 Å². The molecule has 0 aliphatic carbocycles. The normalized spacial score (nSPS) is 19.1. The van der Waals surface area contributed by atoms with E-state index < -0.39 is 6.03 Å². The summed E-state index contributed by atoms with van der Waals surface area (Å²) in [4.78, 5) is 14.5. The Bertz CT molecular complexity index is 200. The zero-order valence-corrected chi connectivity index (χ0v) is 9.61. The molecular formula is C11H22N3O. The fourth-order valence-corrected chi connectivity index (χ4v) is 1.88. The number of carbonyl (C=O) groups is 1. The zero-order chi connectivity index (χ0) is 11.3. The fourth-order valence-electron chi connectivity index (χ4n) is 1.88. The molecule has 15 heavy (non-hydrogen) atoms. The lowest BCUT2D eigenvalue weighted by molar-refractivity contribution is 0.183. The van der Waals surface area contributed by atoms with Gasteiger partial charge < -0.3 is 15.5 Å². The van der Waals surface area contributed by atoms with Crippen LogP contribution in [0, 0.1) is 13.0 Å². The minimum Gasteiger partial charge on any atom is -0.351 e. The summed E-state index contributed by atoms with van der Waals surface area (Å²) in [5, 5.41) is 0. The molecule has 4 heteroatoms. The van der Waals surface area contributed by atoms with E-state index in [9.17, 15) is 4.79 Å². The Morgan fingerprint density at radius 3 is 2.67 bits per heavy atom. The van der Waals surface area contributed by atoms with Crippen LogP contribution in [0.25, 0.3) is 0 Å². The van der Waals surface area contributed by atoms with Crippen molar-refractivity contribution in [2.45, 2.75) is 26.2 Å². The van der Waals surface area contributed by atoms with Crippen molar-refractivity contribution in [3.05, 3.63) is 7.05 Å². The highest BCUT2D eigenvalue weighted by atomic mass is 16.2. The minimum atomic E-state index is -0.442. The molecule has 1 fully saturated rings. The number of urea groups is 1. The van der Waals surface area contributed by atoms with E-state index in [0.717, 1.165) is 18.9 Å². The Hall–Kier alpha value is -0.770. The van der Waals surface area contributed by atoms with Gasteiger partial charge in [-0.05, 0) is 44.8 Å². The lowest BCUT2D eigenvalue weighted by Gasteiger charge is -2.30. The van der Waals surface area contributed by atoms with Gasteiger partial charge in [-0.15, -0.1) is 0 Å². The van der Waals surface area contributed by atoms with E-state index in [2.05, 4.69) is 18.9 Å². The maximum Gasteiger partial charge on any atom is 0.314 e. The van der Waals surface area contributed by atoms with Gasteiger partial charge in [0, 0.05) is 13.6 Å². The molecule has 0 aromatic heterocycles. The highest BCUT2D eigenvalue weighted by Crippen LogP contribution is 2.15. The number of hydrogen-bond acceptors (Lipinski definition) is 2. The summed E-state index contributed by atoms with van der Waals surface area (Å²) in [6.45, 7) is 6.39. The molecule has 0 saturated carbocycles. The van der Waals surface area contributed by atoms with Crippen LogP contribution in [0.4, 0.5) is 4.79 Å². The van der Waals surface area contributed by atoms with Crippen molar-refractivity contribution < 1.29 is 4.79 Å². The summed E-state index contributed by atoms with van der Waals surface area (Å²) in [5.74, 6) is 0.871. The second-order valence-corrected chi connectivity index (χ2v) is 4.48. The fraction of sp³-hybridized carbons (Fsp3) is 0.818. The largest absolute Gasteiger partial charge is 0.351 e. The van der Waals surface area contributed by atoms with Gasteiger partial charge in [0.2, 0.25) is 0 Å². The summed E-state index contributed by atoms with van der Waals surface area (Å²) in [5.41, 5.74) is 5.08. The number of hydrogen-bond donors (Lipinski definition) is 1. The lowest BCUT2D eigenvalue weighted by Crippen LogP contribution is -2.36. The van der Waals surface area contributed by atoms with Crippen LogP contribution in [0.2, 0.25) is 0 Å². The molecule has 2 N–H and O–H groups in total. The Kier molecular flexibility index (Phi) is 4.88. The van der Waals surface area contributed by atoms with Crippen molar-refractivity contribution >= 4 is 6.03 Å². The molecule has 1 aliphatic heterocycles. The molecule has 1 heterocycles. The summed E-state index contributed by atoms with van der Waals surface area (Å²) in [6, 6.07) is -0.442. The van der Waals surface area contributed by atoms with Crippen LogP contribution >= 0.6 is 0 Å². The second-order valence-electron chi connectivity index (χ2n) is 4.48. The van der Waals surface area contributed by atoms with Crippen LogP contribution in [0.1, 0.15) is 26.2 Å². The topological polar surface area (TPSA) is 49.6 Å². The third kappa shape index (κ3) is 4.51. The van der Waals surface area contributed by atoms with Crippen molar-refractivity contribution in [3.63, 3.8) is 0 Å². The number of rotatable bonds is 4. The van der Waals surface area contributed by atoms with Crippen LogP contribution in [0.5, 0.6) is 0 Å². The summed E-state index contributed by atoms with van der Waals surface area (Å²) >= 11 is 0. The van der Waals surface area contributed by atoms with Gasteiger partial charge in [-0.25, -0.2) is 4.79 Å². The number of amides is 2. The molecule has 0 atom stereocenters. The quantitative estimate of drug-likeness (QED) is 0.763. The van der Waals surface area contributed by atoms with Crippen LogP contribution in [-0.4, -0.2) is 42.0 Å². The van der Waals surface area contributed by atoms with Gasteiger partial charge >= 0.3 is 6.03 Å². The lowest BCUT2D eigenvalue weighted by atomic mass is 9.99. The molecule has 1 aliphatic rings. The van der Waals surface area contributed by atoms with Gasteiger partial charge in [-0.1, -0.05) is 6.92 Å². The molecular weight excluding hydrogens is 190 g/mol. The van der Waals surface area contributed by atoms with Crippen molar-refractivity contribution in [3.8, 4) is 0 Å². The first-order valence-corrected chi connectivity index (χ1v) is 5.69. The van der Waals surface area contributed by atoms with Crippen molar-refractivity contribution in [2.24, 2.45) is 11.7 Å². The van der Waals surface area contributed by atoms with E-state index in [1.54, 1.807) is 0 Å². The number of carbonyl (C=O) groups excluding carboxylic acids is 1. The van der Waals surface area contributed by atoms with E-state index >= 15 is 0 Å². The number of piperidine rings is 1. The van der Waals surface area contributed by atoms with E-state index in [1.165, 1.54) is 30.8 Å². The van der Waals surface area contributed by atoms with E-state index in [4.69, 9.17) is 5.73 Å². The molecule has 1 saturated heterocycles. The summed E-state index contributed by atoms with van der Waals surface area (Å²) < 4.78 is 0. The average molecular weight is 212 g/mol. The predicted octanol–water partition coefficient (Wildman–Crippen LogP) is 1.28. The molecule has 87 valence electrons. The van der Waals surface area contributed by atoms with E-state index in [0.29, 0.717) is 6.54 Å². The number of likely N-dealkylation sites (tertiary alicyclic amines) is 1. The van der Waals surface area contributed by atoms with Crippen molar-refractivity contribution in [1.29, 1.82) is 0 Å². The SMILES string of the molecule is [CH2]N(CCCN1CCC(C)CC1)C(N)=O. The summed E-state index contributed by atoms with van der Waals surface area (Å²) in [7, 11) is 3.57. The maximum atomic E-state index is 10.7. The Balaban J connectivity index is 2.07. The Morgan fingerprint density at radius 1 is 1.53 bits per heavy atom. The predicted molar refractivity (Wildman–Crippen MR) is 61.1 cm³/mol. The van der Waals surface area contributed by atoms with Crippen LogP contribution < -0.4 is 5.73 Å². The highest BCUT2D eigenvalue weighted by molar-refractivity contribution is 5.72. The second kappa shape index (κ2) is 5.95. The van der Waals surface area contributed by atoms with E-state index in [-0.39, 0.29) is 0 Å². The smallest absolute Gasteiger partial charge is 0.314 e. The first-order valence-electron chi connectivity index (χ1n) is 5.69. The molecule has 1 rings (SSSR count). The molecule has 4 nitrogen and oxygen atoms in total. The van der Waals surface area contributed by atoms with Gasteiger partial charge in [0.05, 0.1) is 0 Å². The van der Waals surface area contributed by atoms with Crippen LogP contribution in [0.15, 0.2) is 0 Å². The first-order chi connectivity index (χ1) is 7.09. The standard InChI is InChI=1S/C11H22N3O/c1-10-4-8-14(9-5-10)7-3-6-13(2)11(12)15/h10H,2-9H2,1H3,(H2,12,15). The molecule has 2 amide bonds. The van der Waals surface area contributed by atoms with Crippen LogP contribution in [-0.2, 0) is 0 Å². The first kappa shape index (κ1) is 12.3. The minimum absolute atomic E-state index is 0.442.